The minimum absolute atomic E-state index is 0.000315. The second kappa shape index (κ2) is 5.72. The van der Waals surface area contributed by atoms with Crippen molar-refractivity contribution in [2.45, 2.75) is 64.5 Å². The van der Waals surface area contributed by atoms with Crippen LogP contribution in [0, 0.1) is 5.92 Å². The van der Waals surface area contributed by atoms with Crippen molar-refractivity contribution in [3.63, 3.8) is 0 Å². The maximum Gasteiger partial charge on any atom is 0.245 e. The molecule has 0 bridgehead atoms. The van der Waals surface area contributed by atoms with Crippen molar-refractivity contribution >= 4 is 11.8 Å². The molecule has 3 atom stereocenters. The topological polar surface area (TPSA) is 49.4 Å². The Bertz CT molecular complexity index is 330. The van der Waals surface area contributed by atoms with Gasteiger partial charge in [0.25, 0.3) is 0 Å². The van der Waals surface area contributed by atoms with Crippen molar-refractivity contribution < 1.29 is 9.59 Å². The van der Waals surface area contributed by atoms with Gasteiger partial charge in [-0.05, 0) is 32.1 Å². The van der Waals surface area contributed by atoms with Crippen molar-refractivity contribution in [3.8, 4) is 0 Å². The fourth-order valence-electron chi connectivity index (χ4n) is 3.10. The van der Waals surface area contributed by atoms with Crippen molar-refractivity contribution in [2.75, 3.05) is 6.54 Å². The van der Waals surface area contributed by atoms with Crippen LogP contribution in [-0.4, -0.2) is 35.3 Å². The summed E-state index contributed by atoms with van der Waals surface area (Å²) in [7, 11) is 0. The zero-order chi connectivity index (χ0) is 13.1. The van der Waals surface area contributed by atoms with E-state index in [0.29, 0.717) is 19.0 Å². The van der Waals surface area contributed by atoms with Crippen molar-refractivity contribution in [1.29, 1.82) is 0 Å². The summed E-state index contributed by atoms with van der Waals surface area (Å²) in [6, 6.07) is -0.0155. The van der Waals surface area contributed by atoms with E-state index in [1.165, 1.54) is 19.3 Å². The third kappa shape index (κ3) is 3.03. The summed E-state index contributed by atoms with van der Waals surface area (Å²) in [5.41, 5.74) is 0. The van der Waals surface area contributed by atoms with Crippen LogP contribution in [0.4, 0.5) is 0 Å². The number of amides is 2. The Hall–Kier alpha value is -1.06. The fraction of sp³-hybridized carbons (Fsp3) is 0.857. The normalized spacial score (nSPS) is 34.8. The number of rotatable bonds is 1. The Morgan fingerprint density at radius 3 is 2.67 bits per heavy atom. The van der Waals surface area contributed by atoms with Crippen LogP contribution in [0.15, 0.2) is 0 Å². The number of hydrogen-bond donors (Lipinski definition) is 1. The number of hydrogen-bond acceptors (Lipinski definition) is 2. The molecule has 2 aliphatic rings. The minimum Gasteiger partial charge on any atom is -0.345 e. The lowest BCUT2D eigenvalue weighted by Crippen LogP contribution is -2.47. The summed E-state index contributed by atoms with van der Waals surface area (Å²) in [6.07, 6.45) is 6.30. The molecule has 1 heterocycles. The Balaban J connectivity index is 2.05. The smallest absolute Gasteiger partial charge is 0.245 e. The van der Waals surface area contributed by atoms with Gasteiger partial charge in [-0.2, -0.15) is 0 Å². The predicted octanol–water partition coefficient (Wildman–Crippen LogP) is 1.69. The van der Waals surface area contributed by atoms with Crippen LogP contribution in [0.25, 0.3) is 0 Å². The molecule has 1 aliphatic heterocycles. The number of carbonyl (C=O) groups is 2. The average Bonchev–Trinajstić information content (AvgIpc) is 2.60. The summed E-state index contributed by atoms with van der Waals surface area (Å²) in [6.45, 7) is 4.67. The first-order chi connectivity index (χ1) is 8.58. The van der Waals surface area contributed by atoms with Gasteiger partial charge in [0.1, 0.15) is 6.04 Å². The Labute approximate surface area is 109 Å². The van der Waals surface area contributed by atoms with E-state index in [2.05, 4.69) is 12.2 Å². The van der Waals surface area contributed by atoms with Gasteiger partial charge in [0.15, 0.2) is 0 Å². The molecular formula is C14H24N2O2. The monoisotopic (exact) mass is 252 g/mol. The maximum atomic E-state index is 12.3. The predicted molar refractivity (Wildman–Crippen MR) is 70.0 cm³/mol. The van der Waals surface area contributed by atoms with Crippen molar-refractivity contribution in [3.05, 3.63) is 0 Å². The molecule has 1 saturated heterocycles. The highest BCUT2D eigenvalue weighted by atomic mass is 16.2. The molecule has 4 heteroatoms. The fourth-order valence-corrected chi connectivity index (χ4v) is 3.10. The lowest BCUT2D eigenvalue weighted by Gasteiger charge is -2.31. The maximum absolute atomic E-state index is 12.3. The SMILES string of the molecule is CC1CCCC(N2CCC(=O)NC(C)C2=O)CC1. The summed E-state index contributed by atoms with van der Waals surface area (Å²) in [5.74, 6) is 0.870. The average molecular weight is 252 g/mol. The van der Waals surface area contributed by atoms with E-state index in [4.69, 9.17) is 0 Å². The van der Waals surface area contributed by atoms with Gasteiger partial charge in [0, 0.05) is 19.0 Å². The molecule has 18 heavy (non-hydrogen) atoms. The van der Waals surface area contributed by atoms with Gasteiger partial charge in [0.2, 0.25) is 11.8 Å². The standard InChI is InChI=1S/C14H24N2O2/c1-10-4-3-5-12(7-6-10)16-9-8-13(17)15-11(2)14(16)18/h10-12H,3-9H2,1-2H3,(H,15,17). The summed E-state index contributed by atoms with van der Waals surface area (Å²) >= 11 is 0. The Morgan fingerprint density at radius 1 is 1.11 bits per heavy atom. The van der Waals surface area contributed by atoms with Gasteiger partial charge in [-0.3, -0.25) is 9.59 Å². The van der Waals surface area contributed by atoms with Crippen LogP contribution in [0.2, 0.25) is 0 Å². The van der Waals surface area contributed by atoms with E-state index >= 15 is 0 Å². The summed E-state index contributed by atoms with van der Waals surface area (Å²) in [4.78, 5) is 25.8. The quantitative estimate of drug-likeness (QED) is 0.722. The van der Waals surface area contributed by atoms with E-state index in [1.807, 2.05) is 4.90 Å². The highest BCUT2D eigenvalue weighted by molar-refractivity contribution is 5.89. The third-order valence-electron chi connectivity index (χ3n) is 4.28. The molecule has 1 aliphatic carbocycles. The van der Waals surface area contributed by atoms with Gasteiger partial charge in [-0.25, -0.2) is 0 Å². The van der Waals surface area contributed by atoms with E-state index in [0.717, 1.165) is 18.8 Å². The summed E-state index contributed by atoms with van der Waals surface area (Å²) < 4.78 is 0. The number of nitrogens with one attached hydrogen (secondary N) is 1. The Morgan fingerprint density at radius 2 is 1.89 bits per heavy atom. The number of nitrogens with zero attached hydrogens (tertiary/aromatic N) is 1. The van der Waals surface area contributed by atoms with Crippen LogP contribution in [0.5, 0.6) is 0 Å². The molecule has 3 unspecified atom stereocenters. The van der Waals surface area contributed by atoms with Gasteiger partial charge in [0.05, 0.1) is 0 Å². The highest BCUT2D eigenvalue weighted by Crippen LogP contribution is 2.26. The van der Waals surface area contributed by atoms with E-state index in [9.17, 15) is 9.59 Å². The lowest BCUT2D eigenvalue weighted by molar-refractivity contribution is -0.135. The first kappa shape index (κ1) is 13.4. The molecule has 4 nitrogen and oxygen atoms in total. The first-order valence-electron chi connectivity index (χ1n) is 7.17. The highest BCUT2D eigenvalue weighted by Gasteiger charge is 2.32. The van der Waals surface area contributed by atoms with Gasteiger partial charge in [-0.15, -0.1) is 0 Å². The zero-order valence-electron chi connectivity index (χ0n) is 11.4. The molecule has 102 valence electrons. The van der Waals surface area contributed by atoms with E-state index in [1.54, 1.807) is 6.92 Å². The molecule has 1 saturated carbocycles. The van der Waals surface area contributed by atoms with Crippen LogP contribution in [0.3, 0.4) is 0 Å². The van der Waals surface area contributed by atoms with Crippen molar-refractivity contribution in [2.24, 2.45) is 5.92 Å². The largest absolute Gasteiger partial charge is 0.345 e. The molecule has 2 rings (SSSR count). The van der Waals surface area contributed by atoms with Gasteiger partial charge < -0.3 is 10.2 Å². The summed E-state index contributed by atoms with van der Waals surface area (Å²) in [5, 5.41) is 2.75. The zero-order valence-corrected chi connectivity index (χ0v) is 11.4. The van der Waals surface area contributed by atoms with Crippen LogP contribution in [-0.2, 0) is 9.59 Å². The lowest BCUT2D eigenvalue weighted by atomic mass is 10.0. The second-order valence-electron chi connectivity index (χ2n) is 5.84. The van der Waals surface area contributed by atoms with Gasteiger partial charge in [-0.1, -0.05) is 19.8 Å². The molecule has 2 fully saturated rings. The third-order valence-corrected chi connectivity index (χ3v) is 4.28. The van der Waals surface area contributed by atoms with Crippen molar-refractivity contribution in [1.82, 2.24) is 10.2 Å². The van der Waals surface area contributed by atoms with E-state index in [-0.39, 0.29) is 17.9 Å². The van der Waals surface area contributed by atoms with Crippen LogP contribution < -0.4 is 5.32 Å². The van der Waals surface area contributed by atoms with E-state index < -0.39 is 0 Å². The molecule has 2 amide bonds. The number of carbonyl (C=O) groups excluding carboxylic acids is 2. The minimum atomic E-state index is -0.360. The molecule has 1 N–H and O–H groups in total. The van der Waals surface area contributed by atoms with Crippen LogP contribution in [0.1, 0.15) is 52.4 Å². The molecule has 0 aromatic carbocycles. The molecule has 0 spiro atoms. The Kier molecular flexibility index (Phi) is 4.25. The molecule has 0 radical (unpaired) electrons. The van der Waals surface area contributed by atoms with Gasteiger partial charge >= 0.3 is 0 Å². The molecular weight excluding hydrogens is 228 g/mol. The van der Waals surface area contributed by atoms with Crippen LogP contribution >= 0.6 is 0 Å². The molecule has 0 aromatic rings. The second-order valence-corrected chi connectivity index (χ2v) is 5.84. The first-order valence-corrected chi connectivity index (χ1v) is 7.17. The molecule has 0 aromatic heterocycles.